The van der Waals surface area contributed by atoms with Crippen molar-refractivity contribution in [2.75, 3.05) is 6.54 Å². The molecule has 1 N–H and O–H groups in total. The average Bonchev–Trinajstić information content (AvgIpc) is 3.24. The fraction of sp³-hybridized carbons (Fsp3) is 0.304. The minimum Gasteiger partial charge on any atom is -0.443 e. The summed E-state index contributed by atoms with van der Waals surface area (Å²) in [6.07, 6.45) is 5.99. The van der Waals surface area contributed by atoms with Gasteiger partial charge in [-0.2, -0.15) is 0 Å². The van der Waals surface area contributed by atoms with Gasteiger partial charge in [0.05, 0.1) is 0 Å². The number of oxazole rings is 1. The summed E-state index contributed by atoms with van der Waals surface area (Å²) >= 11 is 0. The molecule has 3 aromatic rings. The fourth-order valence-corrected chi connectivity index (χ4v) is 3.95. The summed E-state index contributed by atoms with van der Waals surface area (Å²) in [5.74, 6) is 1.55. The molecule has 0 saturated heterocycles. The standard InChI is InChI=1S/C23H24N2O2/c26-23(21-22(27-16-25-21)20-9-5-2-6-10-20)24-15-17-11-13-19(14-12-17)18-7-3-1-4-8-18/h1-10,16-17,19H,11-15H2,(H,24,26). The smallest absolute Gasteiger partial charge is 0.273 e. The lowest BCUT2D eigenvalue weighted by Crippen LogP contribution is -2.31. The predicted molar refractivity (Wildman–Crippen MR) is 105 cm³/mol. The fourth-order valence-electron chi connectivity index (χ4n) is 3.95. The molecule has 0 spiro atoms. The summed E-state index contributed by atoms with van der Waals surface area (Å²) in [5.41, 5.74) is 2.66. The Hall–Kier alpha value is -2.88. The highest BCUT2D eigenvalue weighted by Crippen LogP contribution is 2.35. The van der Waals surface area contributed by atoms with Crippen molar-refractivity contribution >= 4 is 5.91 Å². The van der Waals surface area contributed by atoms with Crippen LogP contribution in [0.3, 0.4) is 0 Å². The lowest BCUT2D eigenvalue weighted by atomic mass is 9.79. The SMILES string of the molecule is O=C(NCC1CCC(c2ccccc2)CC1)c1ncoc1-c1ccccc1. The van der Waals surface area contributed by atoms with E-state index in [1.807, 2.05) is 30.3 Å². The van der Waals surface area contributed by atoms with E-state index >= 15 is 0 Å². The molecular formula is C23H24N2O2. The largest absolute Gasteiger partial charge is 0.443 e. The van der Waals surface area contributed by atoms with Gasteiger partial charge in [0.2, 0.25) is 0 Å². The second-order valence-corrected chi connectivity index (χ2v) is 7.23. The first-order valence-electron chi connectivity index (χ1n) is 9.63. The van der Waals surface area contributed by atoms with Crippen LogP contribution in [0.25, 0.3) is 11.3 Å². The summed E-state index contributed by atoms with van der Waals surface area (Å²) in [6, 6.07) is 20.4. The van der Waals surface area contributed by atoms with Gasteiger partial charge < -0.3 is 9.73 Å². The molecule has 1 aliphatic rings. The summed E-state index contributed by atoms with van der Waals surface area (Å²) in [7, 11) is 0. The van der Waals surface area contributed by atoms with Gasteiger partial charge in [0, 0.05) is 12.1 Å². The molecule has 1 aromatic heterocycles. The van der Waals surface area contributed by atoms with Crippen molar-refractivity contribution in [3.05, 3.63) is 78.3 Å². The molecule has 0 unspecified atom stereocenters. The lowest BCUT2D eigenvalue weighted by Gasteiger charge is -2.28. The van der Waals surface area contributed by atoms with E-state index in [-0.39, 0.29) is 5.91 Å². The van der Waals surface area contributed by atoms with Gasteiger partial charge in [0.1, 0.15) is 0 Å². The van der Waals surface area contributed by atoms with E-state index < -0.39 is 0 Å². The summed E-state index contributed by atoms with van der Waals surface area (Å²) in [4.78, 5) is 16.7. The number of amides is 1. The maximum Gasteiger partial charge on any atom is 0.273 e. The molecule has 0 atom stereocenters. The zero-order valence-electron chi connectivity index (χ0n) is 15.3. The molecule has 1 aliphatic carbocycles. The molecule has 0 bridgehead atoms. The molecule has 1 heterocycles. The van der Waals surface area contributed by atoms with Crippen molar-refractivity contribution in [3.63, 3.8) is 0 Å². The van der Waals surface area contributed by atoms with Crippen LogP contribution in [-0.4, -0.2) is 17.4 Å². The minimum atomic E-state index is -0.159. The lowest BCUT2D eigenvalue weighted by molar-refractivity contribution is 0.0938. The second-order valence-electron chi connectivity index (χ2n) is 7.23. The Bertz CT molecular complexity index is 866. The highest BCUT2D eigenvalue weighted by molar-refractivity contribution is 5.97. The van der Waals surface area contributed by atoms with E-state index in [2.05, 4.69) is 40.6 Å². The Morgan fingerprint density at radius 1 is 0.963 bits per heavy atom. The number of aromatic nitrogens is 1. The number of rotatable bonds is 5. The van der Waals surface area contributed by atoms with Gasteiger partial charge in [0.15, 0.2) is 17.8 Å². The van der Waals surface area contributed by atoms with Gasteiger partial charge in [-0.05, 0) is 43.1 Å². The number of nitrogens with one attached hydrogen (secondary N) is 1. The van der Waals surface area contributed by atoms with Crippen molar-refractivity contribution in [3.8, 4) is 11.3 Å². The van der Waals surface area contributed by atoms with Crippen LogP contribution in [-0.2, 0) is 0 Å². The van der Waals surface area contributed by atoms with Crippen LogP contribution in [0.15, 0.2) is 71.5 Å². The monoisotopic (exact) mass is 360 g/mol. The maximum atomic E-state index is 12.6. The van der Waals surface area contributed by atoms with E-state index in [1.54, 1.807) is 0 Å². The molecule has 4 rings (SSSR count). The number of nitrogens with zero attached hydrogens (tertiary/aromatic N) is 1. The van der Waals surface area contributed by atoms with Crippen LogP contribution < -0.4 is 5.32 Å². The van der Waals surface area contributed by atoms with Gasteiger partial charge in [-0.15, -0.1) is 0 Å². The van der Waals surface area contributed by atoms with E-state index in [9.17, 15) is 4.79 Å². The number of benzene rings is 2. The molecular weight excluding hydrogens is 336 g/mol. The van der Waals surface area contributed by atoms with Crippen LogP contribution in [0.4, 0.5) is 0 Å². The Labute approximate surface area is 159 Å². The summed E-state index contributed by atoms with van der Waals surface area (Å²) in [6.45, 7) is 0.696. The molecule has 4 heteroatoms. The van der Waals surface area contributed by atoms with Gasteiger partial charge in [-0.3, -0.25) is 4.79 Å². The topological polar surface area (TPSA) is 55.1 Å². The van der Waals surface area contributed by atoms with Crippen molar-refractivity contribution in [2.24, 2.45) is 5.92 Å². The number of hydrogen-bond acceptors (Lipinski definition) is 3. The molecule has 0 radical (unpaired) electrons. The van der Waals surface area contributed by atoms with Crippen LogP contribution in [0, 0.1) is 5.92 Å². The Kier molecular flexibility index (Phi) is 5.33. The molecule has 1 fully saturated rings. The Morgan fingerprint density at radius 3 is 2.33 bits per heavy atom. The molecule has 1 saturated carbocycles. The van der Waals surface area contributed by atoms with Crippen LogP contribution in [0.1, 0.15) is 47.7 Å². The number of hydrogen-bond donors (Lipinski definition) is 1. The van der Waals surface area contributed by atoms with Crippen molar-refractivity contribution < 1.29 is 9.21 Å². The van der Waals surface area contributed by atoms with E-state index in [0.717, 1.165) is 18.4 Å². The van der Waals surface area contributed by atoms with Crippen molar-refractivity contribution in [1.29, 1.82) is 0 Å². The first kappa shape index (κ1) is 17.5. The summed E-state index contributed by atoms with van der Waals surface area (Å²) < 4.78 is 5.45. The van der Waals surface area contributed by atoms with Gasteiger partial charge in [-0.25, -0.2) is 4.98 Å². The van der Waals surface area contributed by atoms with E-state index in [1.165, 1.54) is 24.8 Å². The predicted octanol–water partition coefficient (Wildman–Crippen LogP) is 5.05. The number of carbonyl (C=O) groups excluding carboxylic acids is 1. The Morgan fingerprint density at radius 2 is 1.63 bits per heavy atom. The molecule has 0 aliphatic heterocycles. The normalized spacial score (nSPS) is 19.6. The molecule has 27 heavy (non-hydrogen) atoms. The highest BCUT2D eigenvalue weighted by Gasteiger charge is 2.24. The van der Waals surface area contributed by atoms with E-state index in [0.29, 0.717) is 29.8 Å². The van der Waals surface area contributed by atoms with E-state index in [4.69, 9.17) is 4.42 Å². The second kappa shape index (κ2) is 8.21. The highest BCUT2D eigenvalue weighted by atomic mass is 16.3. The van der Waals surface area contributed by atoms with Crippen molar-refractivity contribution in [1.82, 2.24) is 10.3 Å². The van der Waals surface area contributed by atoms with Crippen LogP contribution in [0.2, 0.25) is 0 Å². The van der Waals surface area contributed by atoms with Gasteiger partial charge in [-0.1, -0.05) is 60.7 Å². The van der Waals surface area contributed by atoms with Crippen LogP contribution in [0.5, 0.6) is 0 Å². The first-order chi connectivity index (χ1) is 13.3. The third-order valence-electron chi connectivity index (χ3n) is 5.49. The zero-order valence-corrected chi connectivity index (χ0v) is 15.3. The molecule has 4 nitrogen and oxygen atoms in total. The summed E-state index contributed by atoms with van der Waals surface area (Å²) in [5, 5.41) is 3.06. The first-order valence-corrected chi connectivity index (χ1v) is 9.63. The zero-order chi connectivity index (χ0) is 18.5. The van der Waals surface area contributed by atoms with Crippen molar-refractivity contribution in [2.45, 2.75) is 31.6 Å². The maximum absolute atomic E-state index is 12.6. The molecule has 138 valence electrons. The van der Waals surface area contributed by atoms with Crippen LogP contribution >= 0.6 is 0 Å². The van der Waals surface area contributed by atoms with Gasteiger partial charge in [0.25, 0.3) is 5.91 Å². The Balaban J connectivity index is 1.32. The quantitative estimate of drug-likeness (QED) is 0.693. The number of carbonyl (C=O) groups is 1. The molecule has 1 amide bonds. The molecule has 2 aromatic carbocycles. The average molecular weight is 360 g/mol. The van der Waals surface area contributed by atoms with Gasteiger partial charge >= 0.3 is 0 Å². The third kappa shape index (κ3) is 4.11. The third-order valence-corrected chi connectivity index (χ3v) is 5.49. The minimum absolute atomic E-state index is 0.159.